The van der Waals surface area contributed by atoms with Gasteiger partial charge in [0, 0.05) is 23.8 Å². The number of rotatable bonds is 6. The molecule has 1 unspecified atom stereocenters. The molecule has 16 heavy (non-hydrogen) atoms. The maximum Gasteiger partial charge on any atom is 0.0556 e. The molecule has 1 rings (SSSR count). The van der Waals surface area contributed by atoms with E-state index in [-0.39, 0.29) is 6.04 Å². The van der Waals surface area contributed by atoms with Gasteiger partial charge in [0.1, 0.15) is 0 Å². The normalized spacial score (nSPS) is 12.8. The second kappa shape index (κ2) is 6.94. The van der Waals surface area contributed by atoms with Crippen LogP contribution in [-0.4, -0.2) is 25.5 Å². The first kappa shape index (κ1) is 13.6. The fourth-order valence-electron chi connectivity index (χ4n) is 1.58. The Morgan fingerprint density at radius 1 is 1.44 bits per heavy atom. The summed E-state index contributed by atoms with van der Waals surface area (Å²) < 4.78 is 5.03. The van der Waals surface area contributed by atoms with E-state index in [2.05, 4.69) is 25.1 Å². The molecule has 0 aromatic heterocycles. The van der Waals surface area contributed by atoms with Gasteiger partial charge in [-0.2, -0.15) is 0 Å². The predicted molar refractivity (Wildman–Crippen MR) is 71.1 cm³/mol. The van der Waals surface area contributed by atoms with Crippen molar-refractivity contribution in [1.29, 1.82) is 0 Å². The van der Waals surface area contributed by atoms with Crippen molar-refractivity contribution >= 4 is 11.8 Å². The Hall–Kier alpha value is -0.510. The molecule has 2 N–H and O–H groups in total. The maximum absolute atomic E-state index is 5.81. The van der Waals surface area contributed by atoms with Crippen LogP contribution in [0.4, 0.5) is 0 Å². The number of hydrogen-bond donors (Lipinski definition) is 1. The molecule has 3 heteroatoms. The number of benzene rings is 1. The quantitative estimate of drug-likeness (QED) is 0.612. The molecule has 1 aromatic rings. The molecular formula is C13H21NOS. The Morgan fingerprint density at radius 3 is 2.75 bits per heavy atom. The third-order valence-corrected chi connectivity index (χ3v) is 3.37. The monoisotopic (exact) mass is 239 g/mol. The van der Waals surface area contributed by atoms with Gasteiger partial charge in [-0.3, -0.25) is 0 Å². The smallest absolute Gasteiger partial charge is 0.0556 e. The van der Waals surface area contributed by atoms with Crippen LogP contribution in [-0.2, 0) is 11.2 Å². The molecule has 0 fully saturated rings. The van der Waals surface area contributed by atoms with Gasteiger partial charge < -0.3 is 10.5 Å². The van der Waals surface area contributed by atoms with Crippen LogP contribution in [0.5, 0.6) is 0 Å². The van der Waals surface area contributed by atoms with Crippen LogP contribution >= 0.6 is 11.8 Å². The first-order valence-corrected chi connectivity index (χ1v) is 6.59. The van der Waals surface area contributed by atoms with E-state index in [1.165, 1.54) is 16.0 Å². The lowest BCUT2D eigenvalue weighted by Crippen LogP contribution is -2.18. The van der Waals surface area contributed by atoms with Crippen LogP contribution in [0.15, 0.2) is 23.1 Å². The van der Waals surface area contributed by atoms with Crippen molar-refractivity contribution in [3.63, 3.8) is 0 Å². The van der Waals surface area contributed by atoms with E-state index < -0.39 is 0 Å². The Morgan fingerprint density at radius 2 is 2.19 bits per heavy atom. The van der Waals surface area contributed by atoms with Gasteiger partial charge in [0.05, 0.1) is 6.61 Å². The molecule has 0 amide bonds. The first-order chi connectivity index (χ1) is 7.63. The summed E-state index contributed by atoms with van der Waals surface area (Å²) in [4.78, 5) is 1.31. The number of methoxy groups -OCH3 is 1. The van der Waals surface area contributed by atoms with Gasteiger partial charge in [0.15, 0.2) is 0 Å². The van der Waals surface area contributed by atoms with Crippen molar-refractivity contribution < 1.29 is 4.74 Å². The van der Waals surface area contributed by atoms with Gasteiger partial charge in [-0.25, -0.2) is 0 Å². The molecule has 1 atom stereocenters. The number of nitrogens with two attached hydrogens (primary N) is 1. The topological polar surface area (TPSA) is 35.2 Å². The molecule has 0 aliphatic heterocycles. The van der Waals surface area contributed by atoms with E-state index in [1.807, 2.05) is 18.7 Å². The van der Waals surface area contributed by atoms with Crippen molar-refractivity contribution in [2.75, 3.05) is 19.5 Å². The molecule has 0 spiro atoms. The number of aryl methyl sites for hydroxylation is 1. The molecule has 0 radical (unpaired) electrons. The Balaban J connectivity index is 2.60. The van der Waals surface area contributed by atoms with Crippen LogP contribution < -0.4 is 5.73 Å². The molecule has 0 saturated heterocycles. The summed E-state index contributed by atoms with van der Waals surface area (Å²) in [6.45, 7) is 4.99. The standard InChI is InChI=1S/C13H21NOS/c1-10-8-13(16-7-6-15-3)5-4-12(10)9-11(2)14/h4-5,8,11H,6-7,9,14H2,1-3H3. The number of hydrogen-bond acceptors (Lipinski definition) is 3. The van der Waals surface area contributed by atoms with Crippen molar-refractivity contribution in [2.45, 2.75) is 31.2 Å². The van der Waals surface area contributed by atoms with E-state index in [4.69, 9.17) is 10.5 Å². The first-order valence-electron chi connectivity index (χ1n) is 5.60. The van der Waals surface area contributed by atoms with Crippen molar-refractivity contribution in [2.24, 2.45) is 5.73 Å². The second-order valence-corrected chi connectivity index (χ2v) is 5.28. The lowest BCUT2D eigenvalue weighted by molar-refractivity contribution is 0.218. The van der Waals surface area contributed by atoms with Crippen LogP contribution in [0, 0.1) is 6.92 Å². The van der Waals surface area contributed by atoms with Crippen LogP contribution in [0.25, 0.3) is 0 Å². The van der Waals surface area contributed by atoms with E-state index in [1.54, 1.807) is 7.11 Å². The van der Waals surface area contributed by atoms with Crippen molar-refractivity contribution in [1.82, 2.24) is 0 Å². The third kappa shape index (κ3) is 4.56. The number of thioether (sulfide) groups is 1. The Kier molecular flexibility index (Phi) is 5.88. The van der Waals surface area contributed by atoms with Gasteiger partial charge in [0.2, 0.25) is 0 Å². The largest absolute Gasteiger partial charge is 0.384 e. The zero-order chi connectivity index (χ0) is 12.0. The summed E-state index contributed by atoms with van der Waals surface area (Å²) in [5.41, 5.74) is 8.49. The van der Waals surface area contributed by atoms with Crippen molar-refractivity contribution in [3.05, 3.63) is 29.3 Å². The van der Waals surface area contributed by atoms with Crippen LogP contribution in [0.2, 0.25) is 0 Å². The average molecular weight is 239 g/mol. The zero-order valence-electron chi connectivity index (χ0n) is 10.3. The summed E-state index contributed by atoms with van der Waals surface area (Å²) >= 11 is 1.83. The van der Waals surface area contributed by atoms with Gasteiger partial charge in [-0.15, -0.1) is 11.8 Å². The summed E-state index contributed by atoms with van der Waals surface area (Å²) in [6, 6.07) is 6.82. The van der Waals surface area contributed by atoms with Gasteiger partial charge >= 0.3 is 0 Å². The zero-order valence-corrected chi connectivity index (χ0v) is 11.1. The fourth-order valence-corrected chi connectivity index (χ4v) is 2.49. The van der Waals surface area contributed by atoms with E-state index in [0.29, 0.717) is 0 Å². The molecule has 2 nitrogen and oxygen atoms in total. The fraction of sp³-hybridized carbons (Fsp3) is 0.538. The molecule has 1 aromatic carbocycles. The minimum atomic E-state index is 0.227. The summed E-state index contributed by atoms with van der Waals surface area (Å²) in [7, 11) is 1.73. The van der Waals surface area contributed by atoms with E-state index in [9.17, 15) is 0 Å². The lowest BCUT2D eigenvalue weighted by atomic mass is 10.0. The highest BCUT2D eigenvalue weighted by molar-refractivity contribution is 7.99. The molecule has 0 heterocycles. The molecule has 0 saturated carbocycles. The van der Waals surface area contributed by atoms with Gasteiger partial charge in [-0.1, -0.05) is 6.07 Å². The molecule has 0 aliphatic carbocycles. The lowest BCUT2D eigenvalue weighted by Gasteiger charge is -2.10. The Bertz CT molecular complexity index is 326. The maximum atomic E-state index is 5.81. The van der Waals surface area contributed by atoms with Gasteiger partial charge in [0.25, 0.3) is 0 Å². The molecule has 0 bridgehead atoms. The van der Waals surface area contributed by atoms with Crippen molar-refractivity contribution in [3.8, 4) is 0 Å². The molecule has 90 valence electrons. The summed E-state index contributed by atoms with van der Waals surface area (Å²) in [5.74, 6) is 1.00. The van der Waals surface area contributed by atoms with Crippen LogP contribution in [0.3, 0.4) is 0 Å². The minimum absolute atomic E-state index is 0.227. The highest BCUT2D eigenvalue weighted by atomic mass is 32.2. The van der Waals surface area contributed by atoms with Gasteiger partial charge in [-0.05, 0) is 43.5 Å². The summed E-state index contributed by atoms with van der Waals surface area (Å²) in [5, 5.41) is 0. The highest BCUT2D eigenvalue weighted by Gasteiger charge is 2.03. The predicted octanol–water partition coefficient (Wildman–Crippen LogP) is 2.62. The minimum Gasteiger partial charge on any atom is -0.384 e. The molecular weight excluding hydrogens is 218 g/mol. The Labute approximate surface area is 103 Å². The number of ether oxygens (including phenoxy) is 1. The average Bonchev–Trinajstić information content (AvgIpc) is 2.22. The molecule has 0 aliphatic rings. The SMILES string of the molecule is COCCSc1ccc(CC(C)N)c(C)c1. The highest BCUT2D eigenvalue weighted by Crippen LogP contribution is 2.21. The van der Waals surface area contributed by atoms with Crippen LogP contribution in [0.1, 0.15) is 18.1 Å². The summed E-state index contributed by atoms with van der Waals surface area (Å²) in [6.07, 6.45) is 0.953. The second-order valence-electron chi connectivity index (χ2n) is 4.11. The van der Waals surface area contributed by atoms with E-state index in [0.717, 1.165) is 18.8 Å². The van der Waals surface area contributed by atoms with E-state index >= 15 is 0 Å². The third-order valence-electron chi connectivity index (χ3n) is 2.41.